The molecule has 0 aromatic rings. The minimum Gasteiger partial charge on any atom is -0.463 e. The Morgan fingerprint density at radius 3 is 1.19 bits per heavy atom. The van der Waals surface area contributed by atoms with Gasteiger partial charge in [0.2, 0.25) is 0 Å². The van der Waals surface area contributed by atoms with Gasteiger partial charge in [-0.05, 0) is 6.42 Å². The molecule has 0 heterocycles. The van der Waals surface area contributed by atoms with Crippen LogP contribution in [0.1, 0.15) is 96.8 Å². The second-order valence-corrected chi connectivity index (χ2v) is 9.76. The molecule has 0 unspecified atom stereocenters. The zero-order valence-corrected chi connectivity index (χ0v) is 24.7. The van der Waals surface area contributed by atoms with E-state index in [0.717, 1.165) is 18.2 Å². The fourth-order valence-corrected chi connectivity index (χ4v) is 3.84. The van der Waals surface area contributed by atoms with Gasteiger partial charge in [0.05, 0.1) is 66.1 Å². The van der Waals surface area contributed by atoms with Crippen LogP contribution in [0.5, 0.6) is 0 Å². The molecule has 7 nitrogen and oxygen atoms in total. The molecule has 0 aliphatic heterocycles. The lowest BCUT2D eigenvalue weighted by atomic mass is 10.0. The van der Waals surface area contributed by atoms with Crippen LogP contribution in [0.2, 0.25) is 0 Å². The molecule has 0 saturated heterocycles. The van der Waals surface area contributed by atoms with Crippen LogP contribution in [0.15, 0.2) is 0 Å². The van der Waals surface area contributed by atoms with Gasteiger partial charge in [0.1, 0.15) is 6.61 Å². The van der Waals surface area contributed by atoms with Crippen LogP contribution >= 0.6 is 15.9 Å². The summed E-state index contributed by atoms with van der Waals surface area (Å²) in [7, 11) is 0. The summed E-state index contributed by atoms with van der Waals surface area (Å²) in [5.41, 5.74) is 0. The maximum absolute atomic E-state index is 11.8. The molecule has 0 aromatic carbocycles. The standard InChI is InChI=1S/C28H55BrO7/c1-2-3-4-5-6-7-8-9-10-11-12-13-14-15-28(30)36-27-26-35-25-24-34-23-22-33-21-20-32-19-18-31-17-16-29/h2-27H2,1H3. The number of esters is 1. The van der Waals surface area contributed by atoms with E-state index in [1.54, 1.807) is 0 Å². The highest BCUT2D eigenvalue weighted by Crippen LogP contribution is 2.13. The molecule has 0 radical (unpaired) electrons. The van der Waals surface area contributed by atoms with Gasteiger partial charge < -0.3 is 28.4 Å². The highest BCUT2D eigenvalue weighted by Gasteiger charge is 2.02. The van der Waals surface area contributed by atoms with E-state index in [2.05, 4.69) is 22.9 Å². The van der Waals surface area contributed by atoms with Crippen LogP contribution in [-0.2, 0) is 33.2 Å². The van der Waals surface area contributed by atoms with Crippen molar-refractivity contribution in [1.29, 1.82) is 0 Å². The highest BCUT2D eigenvalue weighted by atomic mass is 79.9. The Hall–Kier alpha value is -0.250. The van der Waals surface area contributed by atoms with Gasteiger partial charge >= 0.3 is 5.97 Å². The van der Waals surface area contributed by atoms with Crippen molar-refractivity contribution < 1.29 is 33.2 Å². The largest absolute Gasteiger partial charge is 0.463 e. The van der Waals surface area contributed by atoms with Crippen LogP contribution < -0.4 is 0 Å². The van der Waals surface area contributed by atoms with Gasteiger partial charge in [0, 0.05) is 11.8 Å². The number of alkyl halides is 1. The third kappa shape index (κ3) is 31.8. The number of carbonyl (C=O) groups is 1. The Balaban J connectivity index is 3.13. The maximum Gasteiger partial charge on any atom is 0.305 e. The summed E-state index contributed by atoms with van der Waals surface area (Å²) in [6.45, 7) is 7.99. The Bertz CT molecular complexity index is 427. The van der Waals surface area contributed by atoms with E-state index in [9.17, 15) is 4.79 Å². The molecule has 8 heteroatoms. The molecule has 0 saturated carbocycles. The van der Waals surface area contributed by atoms with Gasteiger partial charge in [-0.25, -0.2) is 0 Å². The lowest BCUT2D eigenvalue weighted by molar-refractivity contribution is -0.145. The van der Waals surface area contributed by atoms with E-state index in [-0.39, 0.29) is 5.97 Å². The average Bonchev–Trinajstić information content (AvgIpc) is 2.88. The molecule has 0 rings (SSSR count). The summed E-state index contributed by atoms with van der Waals surface area (Å²) in [4.78, 5) is 11.8. The first-order valence-electron chi connectivity index (χ1n) is 14.4. The molecule has 0 atom stereocenters. The molecule has 0 aliphatic rings. The van der Waals surface area contributed by atoms with Gasteiger partial charge in [-0.15, -0.1) is 0 Å². The van der Waals surface area contributed by atoms with E-state index in [0.29, 0.717) is 79.1 Å². The van der Waals surface area contributed by atoms with Crippen LogP contribution in [0.4, 0.5) is 0 Å². The summed E-state index contributed by atoms with van der Waals surface area (Å²) < 4.78 is 32.2. The second-order valence-electron chi connectivity index (χ2n) is 8.96. The van der Waals surface area contributed by atoms with Crippen molar-refractivity contribution in [2.75, 3.05) is 78.0 Å². The first-order valence-corrected chi connectivity index (χ1v) is 15.5. The Morgan fingerprint density at radius 1 is 0.472 bits per heavy atom. The van der Waals surface area contributed by atoms with Crippen molar-refractivity contribution in [2.45, 2.75) is 96.8 Å². The smallest absolute Gasteiger partial charge is 0.305 e. The summed E-state index contributed by atoms with van der Waals surface area (Å²) in [6, 6.07) is 0. The monoisotopic (exact) mass is 582 g/mol. The summed E-state index contributed by atoms with van der Waals surface area (Å²) in [6.07, 6.45) is 17.5. The SMILES string of the molecule is CCCCCCCCCCCCCCCC(=O)OCCOCCOCCOCCOCCOCCBr. The van der Waals surface area contributed by atoms with Gasteiger partial charge in [-0.1, -0.05) is 99.9 Å². The van der Waals surface area contributed by atoms with E-state index < -0.39 is 0 Å². The molecular weight excluding hydrogens is 528 g/mol. The summed E-state index contributed by atoms with van der Waals surface area (Å²) in [5, 5.41) is 0.841. The van der Waals surface area contributed by atoms with E-state index >= 15 is 0 Å². The lowest BCUT2D eigenvalue weighted by Crippen LogP contribution is -2.15. The highest BCUT2D eigenvalue weighted by molar-refractivity contribution is 9.09. The normalized spacial score (nSPS) is 11.3. The van der Waals surface area contributed by atoms with Crippen molar-refractivity contribution >= 4 is 21.9 Å². The molecule has 0 N–H and O–H groups in total. The number of hydrogen-bond acceptors (Lipinski definition) is 7. The molecule has 216 valence electrons. The number of unbranched alkanes of at least 4 members (excludes halogenated alkanes) is 12. The van der Waals surface area contributed by atoms with Crippen LogP contribution in [0.25, 0.3) is 0 Å². The van der Waals surface area contributed by atoms with Crippen LogP contribution in [0, 0.1) is 0 Å². The van der Waals surface area contributed by atoms with Crippen molar-refractivity contribution in [2.24, 2.45) is 0 Å². The first-order chi connectivity index (χ1) is 17.8. The molecule has 0 spiro atoms. The van der Waals surface area contributed by atoms with E-state index in [1.807, 2.05) is 0 Å². The van der Waals surface area contributed by atoms with Crippen molar-refractivity contribution in [1.82, 2.24) is 0 Å². The number of rotatable bonds is 31. The molecule has 0 fully saturated rings. The second kappa shape index (κ2) is 32.8. The predicted molar refractivity (Wildman–Crippen MR) is 149 cm³/mol. The predicted octanol–water partition coefficient (Wildman–Crippen LogP) is 6.49. The van der Waals surface area contributed by atoms with Gasteiger partial charge in [0.15, 0.2) is 0 Å². The quantitative estimate of drug-likeness (QED) is 0.0525. The molecule has 0 aromatic heterocycles. The van der Waals surface area contributed by atoms with Crippen molar-refractivity contribution in [3.63, 3.8) is 0 Å². The maximum atomic E-state index is 11.8. The third-order valence-electron chi connectivity index (χ3n) is 5.68. The molecule has 0 bridgehead atoms. The third-order valence-corrected chi connectivity index (χ3v) is 6.01. The summed E-state index contributed by atoms with van der Waals surface area (Å²) >= 11 is 3.30. The number of ether oxygens (including phenoxy) is 6. The van der Waals surface area contributed by atoms with Gasteiger partial charge in [-0.2, -0.15) is 0 Å². The number of hydrogen-bond donors (Lipinski definition) is 0. The molecule has 36 heavy (non-hydrogen) atoms. The minimum atomic E-state index is -0.120. The van der Waals surface area contributed by atoms with E-state index in [4.69, 9.17) is 28.4 Å². The van der Waals surface area contributed by atoms with Gasteiger partial charge in [-0.3, -0.25) is 4.79 Å². The molecule has 0 aliphatic carbocycles. The first kappa shape index (κ1) is 35.8. The average molecular weight is 584 g/mol. The minimum absolute atomic E-state index is 0.120. The Morgan fingerprint density at radius 2 is 0.806 bits per heavy atom. The zero-order valence-electron chi connectivity index (χ0n) is 23.1. The fourth-order valence-electron chi connectivity index (χ4n) is 3.61. The van der Waals surface area contributed by atoms with Crippen molar-refractivity contribution in [3.8, 4) is 0 Å². The summed E-state index contributed by atoms with van der Waals surface area (Å²) in [5.74, 6) is -0.120. The van der Waals surface area contributed by atoms with Crippen LogP contribution in [-0.4, -0.2) is 84.0 Å². The van der Waals surface area contributed by atoms with Gasteiger partial charge in [0.25, 0.3) is 0 Å². The van der Waals surface area contributed by atoms with Crippen molar-refractivity contribution in [3.05, 3.63) is 0 Å². The fraction of sp³-hybridized carbons (Fsp3) is 0.964. The Labute approximate surface area is 229 Å². The number of carbonyl (C=O) groups excluding carboxylic acids is 1. The Kier molecular flexibility index (Phi) is 32.6. The zero-order chi connectivity index (χ0) is 26.2. The van der Waals surface area contributed by atoms with E-state index in [1.165, 1.54) is 70.6 Å². The lowest BCUT2D eigenvalue weighted by Gasteiger charge is -2.08. The van der Waals surface area contributed by atoms with Crippen LogP contribution in [0.3, 0.4) is 0 Å². The molecular formula is C28H55BrO7. The number of halogens is 1. The topological polar surface area (TPSA) is 72.5 Å². The molecule has 0 amide bonds.